The molecule has 0 bridgehead atoms. The van der Waals surface area contributed by atoms with E-state index in [1.807, 2.05) is 0 Å². The molecule has 2 fully saturated rings. The molecule has 2 amide bonds. The number of nitrogens with one attached hydrogen (secondary N) is 1. The molecule has 1 saturated carbocycles. The molecular formula is C21H29N3O4. The number of likely N-dealkylation sites (tertiary alicyclic amines) is 1. The summed E-state index contributed by atoms with van der Waals surface area (Å²) in [6.07, 6.45) is 6.82. The first-order chi connectivity index (χ1) is 13.5. The molecule has 2 aliphatic rings. The zero-order chi connectivity index (χ0) is 20.1. The molecule has 1 aromatic carbocycles. The third-order valence-corrected chi connectivity index (χ3v) is 5.92. The van der Waals surface area contributed by atoms with Gasteiger partial charge in [0.05, 0.1) is 11.6 Å². The molecular weight excluding hydrogens is 358 g/mol. The third kappa shape index (κ3) is 4.70. The van der Waals surface area contributed by atoms with Crippen molar-refractivity contribution in [2.75, 3.05) is 6.54 Å². The van der Waals surface area contributed by atoms with Crippen molar-refractivity contribution in [2.24, 2.45) is 11.7 Å². The SMILES string of the molecule is NC(C(=O)N1CCC[C@H]1C(=O)NCc1cccc(C(=O)O)c1)C1CCCCC1. The molecule has 1 unspecified atom stereocenters. The number of carbonyl (C=O) groups excluding carboxylic acids is 2. The van der Waals surface area contributed by atoms with E-state index in [-0.39, 0.29) is 29.8 Å². The molecule has 3 rings (SSSR count). The van der Waals surface area contributed by atoms with Gasteiger partial charge in [0.25, 0.3) is 0 Å². The first kappa shape index (κ1) is 20.3. The lowest BCUT2D eigenvalue weighted by Crippen LogP contribution is -2.53. The Morgan fingerprint density at radius 2 is 1.89 bits per heavy atom. The number of hydrogen-bond acceptors (Lipinski definition) is 4. The molecule has 152 valence electrons. The largest absolute Gasteiger partial charge is 0.478 e. The fourth-order valence-electron chi connectivity index (χ4n) is 4.31. The highest BCUT2D eigenvalue weighted by atomic mass is 16.4. The van der Waals surface area contributed by atoms with Crippen molar-refractivity contribution in [2.45, 2.75) is 63.6 Å². The Kier molecular flexibility index (Phi) is 6.67. The second-order valence-electron chi connectivity index (χ2n) is 7.84. The van der Waals surface area contributed by atoms with Crippen LogP contribution in [0.3, 0.4) is 0 Å². The summed E-state index contributed by atoms with van der Waals surface area (Å²) in [6.45, 7) is 0.791. The number of carbonyl (C=O) groups is 3. The van der Waals surface area contributed by atoms with Crippen molar-refractivity contribution in [1.82, 2.24) is 10.2 Å². The maximum Gasteiger partial charge on any atom is 0.335 e. The van der Waals surface area contributed by atoms with Gasteiger partial charge in [-0.05, 0) is 49.3 Å². The number of benzene rings is 1. The van der Waals surface area contributed by atoms with Crippen molar-refractivity contribution < 1.29 is 19.5 Å². The molecule has 1 saturated heterocycles. The highest BCUT2D eigenvalue weighted by Gasteiger charge is 2.38. The molecule has 0 aromatic heterocycles. The minimum absolute atomic E-state index is 0.113. The number of rotatable bonds is 6. The molecule has 1 aliphatic carbocycles. The summed E-state index contributed by atoms with van der Waals surface area (Å²) >= 11 is 0. The molecule has 1 aliphatic heterocycles. The number of aromatic carboxylic acids is 1. The fraction of sp³-hybridized carbons (Fsp3) is 0.571. The Balaban J connectivity index is 1.58. The second kappa shape index (κ2) is 9.19. The van der Waals surface area contributed by atoms with Gasteiger partial charge in [-0.15, -0.1) is 0 Å². The van der Waals surface area contributed by atoms with Gasteiger partial charge in [0, 0.05) is 13.1 Å². The third-order valence-electron chi connectivity index (χ3n) is 5.92. The maximum atomic E-state index is 12.9. The predicted molar refractivity (Wildman–Crippen MR) is 105 cm³/mol. The highest BCUT2D eigenvalue weighted by molar-refractivity contribution is 5.90. The van der Waals surface area contributed by atoms with E-state index < -0.39 is 18.1 Å². The van der Waals surface area contributed by atoms with E-state index in [1.165, 1.54) is 12.5 Å². The first-order valence-electron chi connectivity index (χ1n) is 10.1. The lowest BCUT2D eigenvalue weighted by Gasteiger charge is -2.32. The zero-order valence-electron chi connectivity index (χ0n) is 16.1. The van der Waals surface area contributed by atoms with Gasteiger partial charge in [-0.1, -0.05) is 31.4 Å². The van der Waals surface area contributed by atoms with Crippen LogP contribution in [0.1, 0.15) is 60.9 Å². The van der Waals surface area contributed by atoms with Gasteiger partial charge in [0.15, 0.2) is 0 Å². The monoisotopic (exact) mass is 387 g/mol. The van der Waals surface area contributed by atoms with Gasteiger partial charge < -0.3 is 21.1 Å². The smallest absolute Gasteiger partial charge is 0.335 e. The topological polar surface area (TPSA) is 113 Å². The summed E-state index contributed by atoms with van der Waals surface area (Å²) in [5, 5.41) is 11.9. The Hall–Kier alpha value is -2.41. The van der Waals surface area contributed by atoms with Crippen LogP contribution in [0.2, 0.25) is 0 Å². The summed E-state index contributed by atoms with van der Waals surface area (Å²) in [7, 11) is 0. The van der Waals surface area contributed by atoms with E-state index in [1.54, 1.807) is 23.1 Å². The Morgan fingerprint density at radius 3 is 2.61 bits per heavy atom. The second-order valence-corrected chi connectivity index (χ2v) is 7.84. The number of carboxylic acid groups (broad SMARTS) is 1. The number of nitrogens with zero attached hydrogens (tertiary/aromatic N) is 1. The van der Waals surface area contributed by atoms with E-state index in [9.17, 15) is 14.4 Å². The molecule has 1 aromatic rings. The first-order valence-corrected chi connectivity index (χ1v) is 10.1. The van der Waals surface area contributed by atoms with Crippen LogP contribution in [-0.2, 0) is 16.1 Å². The van der Waals surface area contributed by atoms with Gasteiger partial charge in [-0.25, -0.2) is 4.79 Å². The quantitative estimate of drug-likeness (QED) is 0.690. The van der Waals surface area contributed by atoms with Crippen LogP contribution >= 0.6 is 0 Å². The Labute approximate surface area is 165 Å². The average Bonchev–Trinajstić information content (AvgIpc) is 3.21. The van der Waals surface area contributed by atoms with E-state index >= 15 is 0 Å². The van der Waals surface area contributed by atoms with E-state index in [4.69, 9.17) is 10.8 Å². The molecule has 0 spiro atoms. The lowest BCUT2D eigenvalue weighted by molar-refractivity contribution is -0.140. The van der Waals surface area contributed by atoms with Gasteiger partial charge in [-0.3, -0.25) is 9.59 Å². The van der Waals surface area contributed by atoms with Crippen LogP contribution in [0, 0.1) is 5.92 Å². The zero-order valence-corrected chi connectivity index (χ0v) is 16.1. The summed E-state index contributed by atoms with van der Waals surface area (Å²) in [5.41, 5.74) is 7.16. The minimum Gasteiger partial charge on any atom is -0.478 e. The van der Waals surface area contributed by atoms with E-state index in [0.717, 1.165) is 32.1 Å². The molecule has 28 heavy (non-hydrogen) atoms. The molecule has 4 N–H and O–H groups in total. The van der Waals surface area contributed by atoms with Crippen LogP contribution in [0.25, 0.3) is 0 Å². The standard InChI is InChI=1S/C21H29N3O4/c22-18(15-7-2-1-3-8-15)20(26)24-11-5-10-17(24)19(25)23-13-14-6-4-9-16(12-14)21(27)28/h4,6,9,12,15,17-18H,1-3,5,7-8,10-11,13,22H2,(H,23,25)(H,27,28)/t17-,18?/m0/s1. The van der Waals surface area contributed by atoms with Crippen LogP contribution < -0.4 is 11.1 Å². The summed E-state index contributed by atoms with van der Waals surface area (Å²) < 4.78 is 0. The molecule has 7 nitrogen and oxygen atoms in total. The lowest BCUT2D eigenvalue weighted by atomic mass is 9.83. The van der Waals surface area contributed by atoms with Gasteiger partial charge in [-0.2, -0.15) is 0 Å². The van der Waals surface area contributed by atoms with Crippen LogP contribution in [0.4, 0.5) is 0 Å². The van der Waals surface area contributed by atoms with Crippen molar-refractivity contribution >= 4 is 17.8 Å². The van der Waals surface area contributed by atoms with Crippen LogP contribution in [0.15, 0.2) is 24.3 Å². The van der Waals surface area contributed by atoms with Gasteiger partial charge in [0.1, 0.15) is 6.04 Å². The van der Waals surface area contributed by atoms with E-state index in [2.05, 4.69) is 5.32 Å². The van der Waals surface area contributed by atoms with Crippen molar-refractivity contribution in [3.05, 3.63) is 35.4 Å². The van der Waals surface area contributed by atoms with Crippen LogP contribution in [-0.4, -0.2) is 46.4 Å². The molecule has 0 radical (unpaired) electrons. The van der Waals surface area contributed by atoms with Crippen molar-refractivity contribution in [1.29, 1.82) is 0 Å². The highest BCUT2D eigenvalue weighted by Crippen LogP contribution is 2.28. The van der Waals surface area contributed by atoms with Gasteiger partial charge in [0.2, 0.25) is 11.8 Å². The summed E-state index contributed by atoms with van der Waals surface area (Å²) in [5.74, 6) is -1.11. The summed E-state index contributed by atoms with van der Waals surface area (Å²) in [6, 6.07) is 5.45. The van der Waals surface area contributed by atoms with Crippen molar-refractivity contribution in [3.63, 3.8) is 0 Å². The predicted octanol–water partition coefficient (Wildman–Crippen LogP) is 1.90. The van der Waals surface area contributed by atoms with E-state index in [0.29, 0.717) is 18.5 Å². The fourth-order valence-corrected chi connectivity index (χ4v) is 4.31. The van der Waals surface area contributed by atoms with Gasteiger partial charge >= 0.3 is 5.97 Å². The Bertz CT molecular complexity index is 730. The molecule has 1 heterocycles. The van der Waals surface area contributed by atoms with Crippen LogP contribution in [0.5, 0.6) is 0 Å². The molecule has 7 heteroatoms. The number of amides is 2. The molecule has 2 atom stereocenters. The summed E-state index contributed by atoms with van der Waals surface area (Å²) in [4.78, 5) is 38.3. The van der Waals surface area contributed by atoms with Crippen molar-refractivity contribution in [3.8, 4) is 0 Å². The average molecular weight is 387 g/mol. The maximum absolute atomic E-state index is 12.9. The number of carboxylic acids is 1. The number of nitrogens with two attached hydrogens (primary N) is 1. The normalized spacial score (nSPS) is 21.3. The Morgan fingerprint density at radius 1 is 1.14 bits per heavy atom. The minimum atomic E-state index is -1.00. The number of hydrogen-bond donors (Lipinski definition) is 3.